The van der Waals surface area contributed by atoms with Crippen molar-refractivity contribution in [3.63, 3.8) is 0 Å². The molecule has 0 N–H and O–H groups in total. The van der Waals surface area contributed by atoms with Crippen molar-refractivity contribution in [2.24, 2.45) is 0 Å². The Bertz CT molecular complexity index is 1010. The second-order valence-electron chi connectivity index (χ2n) is 6.48. The van der Waals surface area contributed by atoms with Crippen molar-refractivity contribution in [2.75, 3.05) is 0 Å². The lowest BCUT2D eigenvalue weighted by Gasteiger charge is -2.20. The molecule has 0 saturated heterocycles. The van der Waals surface area contributed by atoms with Crippen molar-refractivity contribution in [3.05, 3.63) is 87.9 Å². The molecular weight excluding hydrogens is 332 g/mol. The first-order valence-corrected chi connectivity index (χ1v) is 9.87. The summed E-state index contributed by atoms with van der Waals surface area (Å²) in [6, 6.07) is 16.4. The molecular formula is C21H18O3S. The fraction of sp³-hybridized carbons (Fsp3) is 0.190. The van der Waals surface area contributed by atoms with Gasteiger partial charge in [0.25, 0.3) is 0 Å². The van der Waals surface area contributed by atoms with Gasteiger partial charge in [-0.3, -0.25) is 4.79 Å². The van der Waals surface area contributed by atoms with Crippen molar-refractivity contribution in [2.45, 2.75) is 30.6 Å². The zero-order chi connectivity index (χ0) is 17.4. The molecule has 0 amide bonds. The molecule has 3 nitrogen and oxygen atoms in total. The molecule has 0 atom stereocenters. The van der Waals surface area contributed by atoms with Crippen molar-refractivity contribution >= 4 is 15.6 Å². The highest BCUT2D eigenvalue weighted by molar-refractivity contribution is 7.95. The smallest absolute Gasteiger partial charge is 0.203 e. The standard InChI is InChI=1S/C21H18O3S/c22-18-12-17-11-10-15-6-4-5-7-16(15)13-21(20(17)14-18)25(23,24)19-8-2-1-3-9-19/h1-9,12H,10-11,13-14H2/b21-20+. The Labute approximate surface area is 147 Å². The first-order valence-electron chi connectivity index (χ1n) is 8.38. The molecule has 4 heteroatoms. The van der Waals surface area contributed by atoms with E-state index < -0.39 is 9.84 Å². The summed E-state index contributed by atoms with van der Waals surface area (Å²) in [5, 5.41) is 0. The van der Waals surface area contributed by atoms with E-state index in [0.29, 0.717) is 23.3 Å². The van der Waals surface area contributed by atoms with Gasteiger partial charge in [0.15, 0.2) is 5.78 Å². The molecule has 126 valence electrons. The van der Waals surface area contributed by atoms with E-state index in [1.807, 2.05) is 24.3 Å². The van der Waals surface area contributed by atoms with Gasteiger partial charge in [-0.15, -0.1) is 0 Å². The van der Waals surface area contributed by atoms with Gasteiger partial charge in [-0.1, -0.05) is 42.5 Å². The van der Waals surface area contributed by atoms with Crippen LogP contribution < -0.4 is 0 Å². The number of carbonyl (C=O) groups is 1. The first kappa shape index (κ1) is 16.0. The Morgan fingerprint density at radius 3 is 2.20 bits per heavy atom. The summed E-state index contributed by atoms with van der Waals surface area (Å²) < 4.78 is 26.6. The van der Waals surface area contributed by atoms with Crippen LogP contribution in [0.4, 0.5) is 0 Å². The molecule has 0 saturated carbocycles. The van der Waals surface area contributed by atoms with Gasteiger partial charge in [0.05, 0.1) is 9.80 Å². The predicted molar refractivity (Wildman–Crippen MR) is 96.8 cm³/mol. The van der Waals surface area contributed by atoms with Crippen LogP contribution in [0.2, 0.25) is 0 Å². The predicted octanol–water partition coefficient (Wildman–Crippen LogP) is 3.80. The van der Waals surface area contributed by atoms with Gasteiger partial charge in [-0.2, -0.15) is 0 Å². The Hall–Kier alpha value is -2.46. The van der Waals surface area contributed by atoms with Gasteiger partial charge in [0, 0.05) is 12.8 Å². The van der Waals surface area contributed by atoms with E-state index in [-0.39, 0.29) is 17.1 Å². The highest BCUT2D eigenvalue weighted by Crippen LogP contribution is 2.38. The van der Waals surface area contributed by atoms with Crippen LogP contribution in [0.3, 0.4) is 0 Å². The third-order valence-corrected chi connectivity index (χ3v) is 6.85. The summed E-state index contributed by atoms with van der Waals surface area (Å²) in [6.45, 7) is 0. The van der Waals surface area contributed by atoms with Crippen LogP contribution in [0, 0.1) is 0 Å². The molecule has 25 heavy (non-hydrogen) atoms. The van der Waals surface area contributed by atoms with Crippen molar-refractivity contribution in [1.29, 1.82) is 0 Å². The maximum Gasteiger partial charge on any atom is 0.203 e. The number of hydrogen-bond donors (Lipinski definition) is 0. The van der Waals surface area contributed by atoms with Crippen molar-refractivity contribution in [1.82, 2.24) is 0 Å². The van der Waals surface area contributed by atoms with Crippen LogP contribution in [0.5, 0.6) is 0 Å². The molecule has 0 radical (unpaired) electrons. The van der Waals surface area contributed by atoms with Crippen molar-refractivity contribution < 1.29 is 13.2 Å². The number of benzene rings is 2. The molecule has 0 heterocycles. The molecule has 0 fully saturated rings. The Morgan fingerprint density at radius 1 is 0.760 bits per heavy atom. The lowest BCUT2D eigenvalue weighted by Crippen LogP contribution is -2.14. The number of sulfone groups is 1. The first-order chi connectivity index (χ1) is 12.1. The number of rotatable bonds is 2. The van der Waals surface area contributed by atoms with Gasteiger partial charge in [0.2, 0.25) is 9.84 Å². The summed E-state index contributed by atoms with van der Waals surface area (Å²) in [7, 11) is -3.64. The zero-order valence-corrected chi connectivity index (χ0v) is 14.6. The van der Waals surface area contributed by atoms with Gasteiger partial charge in [-0.05, 0) is 53.3 Å². The largest absolute Gasteiger partial charge is 0.294 e. The van der Waals surface area contributed by atoms with Crippen molar-refractivity contribution in [3.8, 4) is 0 Å². The van der Waals surface area contributed by atoms with Crippen LogP contribution in [-0.4, -0.2) is 14.2 Å². The summed E-state index contributed by atoms with van der Waals surface area (Å²) in [5.74, 6) is -0.00304. The van der Waals surface area contributed by atoms with E-state index in [1.54, 1.807) is 36.4 Å². The highest BCUT2D eigenvalue weighted by atomic mass is 32.2. The van der Waals surface area contributed by atoms with Gasteiger partial charge in [-0.25, -0.2) is 8.42 Å². The van der Waals surface area contributed by atoms with Crippen LogP contribution in [0.25, 0.3) is 0 Å². The molecule has 0 aliphatic heterocycles. The number of carbonyl (C=O) groups excluding carboxylic acids is 1. The topological polar surface area (TPSA) is 51.2 Å². The van der Waals surface area contributed by atoms with E-state index in [1.165, 1.54) is 0 Å². The molecule has 2 aromatic carbocycles. The highest BCUT2D eigenvalue weighted by Gasteiger charge is 2.31. The SMILES string of the molecule is O=C1C=C2CCc3ccccc3C/C(S(=O)(=O)c3ccccc3)=C\2C1. The average Bonchev–Trinajstić information content (AvgIpc) is 2.97. The van der Waals surface area contributed by atoms with Gasteiger partial charge < -0.3 is 0 Å². The van der Waals surface area contributed by atoms with E-state index in [4.69, 9.17) is 0 Å². The summed E-state index contributed by atoms with van der Waals surface area (Å²) >= 11 is 0. The molecule has 4 rings (SSSR count). The summed E-state index contributed by atoms with van der Waals surface area (Å²) in [4.78, 5) is 12.7. The Balaban J connectivity index is 1.93. The second-order valence-corrected chi connectivity index (χ2v) is 8.45. The minimum absolute atomic E-state index is 0.00304. The molecule has 2 aliphatic rings. The fourth-order valence-corrected chi connectivity index (χ4v) is 5.32. The minimum atomic E-state index is -3.64. The molecule has 2 aromatic rings. The van der Waals surface area contributed by atoms with Crippen LogP contribution in [0.1, 0.15) is 24.0 Å². The van der Waals surface area contributed by atoms with Crippen LogP contribution in [-0.2, 0) is 27.5 Å². The molecule has 0 spiro atoms. The summed E-state index contributed by atoms with van der Waals surface area (Å²) in [5.41, 5.74) is 3.78. The van der Waals surface area contributed by atoms with E-state index >= 15 is 0 Å². The lowest BCUT2D eigenvalue weighted by atomic mass is 9.91. The number of aryl methyl sites for hydroxylation is 1. The van der Waals surface area contributed by atoms with E-state index in [0.717, 1.165) is 23.1 Å². The number of hydrogen-bond acceptors (Lipinski definition) is 3. The average molecular weight is 350 g/mol. The zero-order valence-electron chi connectivity index (χ0n) is 13.7. The number of allylic oxidation sites excluding steroid dienone is 4. The molecule has 0 bridgehead atoms. The molecule has 2 aliphatic carbocycles. The maximum atomic E-state index is 13.3. The number of ketones is 1. The van der Waals surface area contributed by atoms with Gasteiger partial charge in [0.1, 0.15) is 0 Å². The van der Waals surface area contributed by atoms with Crippen LogP contribution >= 0.6 is 0 Å². The van der Waals surface area contributed by atoms with E-state index in [9.17, 15) is 13.2 Å². The third-order valence-electron chi connectivity index (χ3n) is 4.92. The Morgan fingerprint density at radius 2 is 1.44 bits per heavy atom. The summed E-state index contributed by atoms with van der Waals surface area (Å²) in [6.07, 6.45) is 3.69. The lowest BCUT2D eigenvalue weighted by molar-refractivity contribution is -0.113. The third kappa shape index (κ3) is 2.87. The Kier molecular flexibility index (Phi) is 3.92. The van der Waals surface area contributed by atoms with Gasteiger partial charge >= 0.3 is 0 Å². The maximum absolute atomic E-state index is 13.3. The fourth-order valence-electron chi connectivity index (χ4n) is 3.64. The number of fused-ring (bicyclic) bond motifs is 2. The van der Waals surface area contributed by atoms with Crippen LogP contribution in [0.15, 0.2) is 81.6 Å². The monoisotopic (exact) mass is 350 g/mol. The molecule has 0 aromatic heterocycles. The normalized spacial score (nSPS) is 20.3. The molecule has 0 unspecified atom stereocenters. The minimum Gasteiger partial charge on any atom is -0.294 e. The quantitative estimate of drug-likeness (QED) is 0.828. The van der Waals surface area contributed by atoms with E-state index in [2.05, 4.69) is 0 Å². The second kappa shape index (κ2) is 6.12.